The van der Waals surface area contributed by atoms with Gasteiger partial charge in [-0.1, -0.05) is 26.0 Å². The van der Waals surface area contributed by atoms with Crippen molar-refractivity contribution in [2.24, 2.45) is 5.92 Å². The van der Waals surface area contributed by atoms with Crippen LogP contribution in [0.1, 0.15) is 35.5 Å². The Morgan fingerprint density at radius 3 is 2.55 bits per heavy atom. The fraction of sp³-hybridized carbons (Fsp3) is 0.429. The molecule has 3 rings (SSSR count). The highest BCUT2D eigenvalue weighted by Gasteiger charge is 2.32. The van der Waals surface area contributed by atoms with Crippen molar-refractivity contribution >= 4 is 11.6 Å². The van der Waals surface area contributed by atoms with E-state index in [0.29, 0.717) is 30.3 Å². The second-order valence-electron chi connectivity index (χ2n) is 7.49. The number of halogens is 3. The van der Waals surface area contributed by atoms with Crippen molar-refractivity contribution in [1.29, 1.82) is 0 Å². The van der Waals surface area contributed by atoms with Gasteiger partial charge in [-0.3, -0.25) is 4.79 Å². The number of alkyl halides is 3. The van der Waals surface area contributed by atoms with Crippen LogP contribution < -0.4 is 10.6 Å². The van der Waals surface area contributed by atoms with Crippen LogP contribution in [0.5, 0.6) is 0 Å². The molecule has 1 atom stereocenters. The van der Waals surface area contributed by atoms with E-state index in [4.69, 9.17) is 0 Å². The van der Waals surface area contributed by atoms with Gasteiger partial charge >= 0.3 is 6.18 Å². The molecule has 2 aromatic rings. The number of anilines is 1. The molecule has 1 fully saturated rings. The highest BCUT2D eigenvalue weighted by Crippen LogP contribution is 2.27. The zero-order chi connectivity index (χ0) is 21.0. The number of nitrogens with one attached hydrogen (secondary N) is 2. The minimum atomic E-state index is -4.44. The van der Waals surface area contributed by atoms with Crippen LogP contribution in [0, 0.1) is 5.92 Å². The Kier molecular flexibility index (Phi) is 6.42. The number of hydrogen-bond acceptors (Lipinski definition) is 4. The summed E-state index contributed by atoms with van der Waals surface area (Å²) in [6, 6.07) is 9.76. The van der Waals surface area contributed by atoms with Crippen LogP contribution in [0.15, 0.2) is 42.6 Å². The molecule has 2 heterocycles. The summed E-state index contributed by atoms with van der Waals surface area (Å²) in [4.78, 5) is 18.3. The summed E-state index contributed by atoms with van der Waals surface area (Å²) in [6.45, 7) is 6.92. The second-order valence-corrected chi connectivity index (χ2v) is 7.49. The third-order valence-electron chi connectivity index (χ3n) is 5.07. The van der Waals surface area contributed by atoms with E-state index in [9.17, 15) is 18.0 Å². The number of aromatic nitrogens is 1. The molecule has 1 aliphatic rings. The standard InChI is InChI=1S/C21H25F3N4O/c1-14(2)18-13-25-9-10-28(18)20(29)16-5-3-15(4-6-16)11-26-17-7-8-19(27-12-17)21(22,23)24/h3-8,12,14,18,25-26H,9-11,13H2,1-2H3. The molecule has 0 radical (unpaired) electrons. The van der Waals surface area contributed by atoms with Gasteiger partial charge in [-0.2, -0.15) is 13.2 Å². The van der Waals surface area contributed by atoms with E-state index in [1.807, 2.05) is 17.0 Å². The van der Waals surface area contributed by atoms with Crippen molar-refractivity contribution in [1.82, 2.24) is 15.2 Å². The van der Waals surface area contributed by atoms with E-state index in [1.165, 1.54) is 6.07 Å². The fourth-order valence-electron chi connectivity index (χ4n) is 3.37. The van der Waals surface area contributed by atoms with Gasteiger partial charge in [0.1, 0.15) is 5.69 Å². The molecule has 2 N–H and O–H groups in total. The lowest BCUT2D eigenvalue weighted by Gasteiger charge is -2.38. The predicted molar refractivity (Wildman–Crippen MR) is 106 cm³/mol. The van der Waals surface area contributed by atoms with E-state index in [2.05, 4.69) is 29.5 Å². The molecule has 1 aliphatic heterocycles. The molecule has 1 aromatic carbocycles. The maximum Gasteiger partial charge on any atom is 0.433 e. The van der Waals surface area contributed by atoms with Gasteiger partial charge in [0.2, 0.25) is 0 Å². The first kappa shape index (κ1) is 21.1. The van der Waals surface area contributed by atoms with Crippen LogP contribution in [0.4, 0.5) is 18.9 Å². The van der Waals surface area contributed by atoms with Crippen LogP contribution in [-0.2, 0) is 12.7 Å². The average Bonchev–Trinajstić information content (AvgIpc) is 2.71. The Labute approximate surface area is 168 Å². The smallest absolute Gasteiger partial charge is 0.380 e. The molecular weight excluding hydrogens is 381 g/mol. The highest BCUT2D eigenvalue weighted by atomic mass is 19.4. The first-order valence-corrected chi connectivity index (χ1v) is 9.63. The first-order valence-electron chi connectivity index (χ1n) is 9.63. The SMILES string of the molecule is CC(C)C1CNCCN1C(=O)c1ccc(CNc2ccc(C(F)(F)F)nc2)cc1. The molecule has 1 unspecified atom stereocenters. The second kappa shape index (κ2) is 8.82. The molecule has 1 aromatic heterocycles. The molecule has 1 saturated heterocycles. The van der Waals surface area contributed by atoms with Crippen molar-refractivity contribution in [2.45, 2.75) is 32.6 Å². The molecule has 5 nitrogen and oxygen atoms in total. The minimum absolute atomic E-state index is 0.0247. The normalized spacial score (nSPS) is 17.4. The van der Waals surface area contributed by atoms with Gasteiger partial charge in [-0.25, -0.2) is 4.98 Å². The van der Waals surface area contributed by atoms with Crippen molar-refractivity contribution in [2.75, 3.05) is 25.0 Å². The summed E-state index contributed by atoms with van der Waals surface area (Å²) in [5.41, 5.74) is 1.14. The van der Waals surface area contributed by atoms with Gasteiger partial charge in [-0.15, -0.1) is 0 Å². The van der Waals surface area contributed by atoms with Crippen molar-refractivity contribution < 1.29 is 18.0 Å². The number of hydrogen-bond donors (Lipinski definition) is 2. The summed E-state index contributed by atoms with van der Waals surface area (Å²) < 4.78 is 37.7. The number of carbonyl (C=O) groups is 1. The number of carbonyl (C=O) groups excluding carboxylic acids is 1. The van der Waals surface area contributed by atoms with Crippen LogP contribution in [0.2, 0.25) is 0 Å². The van der Waals surface area contributed by atoms with Crippen LogP contribution >= 0.6 is 0 Å². The Morgan fingerprint density at radius 2 is 1.97 bits per heavy atom. The van der Waals surface area contributed by atoms with Crippen LogP contribution in [0.3, 0.4) is 0 Å². The van der Waals surface area contributed by atoms with Crippen LogP contribution in [-0.4, -0.2) is 41.5 Å². The lowest BCUT2D eigenvalue weighted by Crippen LogP contribution is -2.55. The molecule has 0 spiro atoms. The fourth-order valence-corrected chi connectivity index (χ4v) is 3.37. The van der Waals surface area contributed by atoms with Crippen molar-refractivity contribution in [3.63, 3.8) is 0 Å². The first-order chi connectivity index (χ1) is 13.8. The summed E-state index contributed by atoms with van der Waals surface area (Å²) in [5, 5.41) is 6.38. The number of amides is 1. The Bertz CT molecular complexity index is 819. The number of piperazine rings is 1. The zero-order valence-corrected chi connectivity index (χ0v) is 16.5. The molecule has 1 amide bonds. The summed E-state index contributed by atoms with van der Waals surface area (Å²) in [5.74, 6) is 0.393. The third kappa shape index (κ3) is 5.26. The van der Waals surface area contributed by atoms with E-state index >= 15 is 0 Å². The van der Waals surface area contributed by atoms with Gasteiger partial charge < -0.3 is 15.5 Å². The molecule has 156 valence electrons. The third-order valence-corrected chi connectivity index (χ3v) is 5.07. The highest BCUT2D eigenvalue weighted by molar-refractivity contribution is 5.94. The van der Waals surface area contributed by atoms with Gasteiger partial charge in [0.05, 0.1) is 11.9 Å². The van der Waals surface area contributed by atoms with Crippen molar-refractivity contribution in [3.8, 4) is 0 Å². The Hall–Kier alpha value is -2.61. The van der Waals surface area contributed by atoms with E-state index < -0.39 is 11.9 Å². The monoisotopic (exact) mass is 406 g/mol. The van der Waals surface area contributed by atoms with E-state index in [1.54, 1.807) is 12.1 Å². The molecular formula is C21H25F3N4O. The molecule has 0 bridgehead atoms. The van der Waals surface area contributed by atoms with Gasteiger partial charge in [-0.05, 0) is 35.7 Å². The molecule has 0 aliphatic carbocycles. The average molecular weight is 406 g/mol. The summed E-state index contributed by atoms with van der Waals surface area (Å²) in [7, 11) is 0. The van der Waals surface area contributed by atoms with E-state index in [-0.39, 0.29) is 11.9 Å². The van der Waals surface area contributed by atoms with Crippen molar-refractivity contribution in [3.05, 3.63) is 59.4 Å². The number of benzene rings is 1. The Morgan fingerprint density at radius 1 is 1.24 bits per heavy atom. The molecule has 0 saturated carbocycles. The predicted octanol–water partition coefficient (Wildman–Crippen LogP) is 3.78. The van der Waals surface area contributed by atoms with Gasteiger partial charge in [0.15, 0.2) is 0 Å². The van der Waals surface area contributed by atoms with E-state index in [0.717, 1.165) is 30.9 Å². The van der Waals surface area contributed by atoms with Gasteiger partial charge in [0, 0.05) is 37.8 Å². The minimum Gasteiger partial charge on any atom is -0.380 e. The number of pyridine rings is 1. The summed E-state index contributed by atoms with van der Waals surface area (Å²) in [6.07, 6.45) is -3.28. The maximum absolute atomic E-state index is 12.9. The molecule has 29 heavy (non-hydrogen) atoms. The quantitative estimate of drug-likeness (QED) is 0.794. The zero-order valence-electron chi connectivity index (χ0n) is 16.5. The van der Waals surface area contributed by atoms with Crippen LogP contribution in [0.25, 0.3) is 0 Å². The topological polar surface area (TPSA) is 57.3 Å². The lowest BCUT2D eigenvalue weighted by atomic mass is 9.99. The maximum atomic E-state index is 12.9. The van der Waals surface area contributed by atoms with Gasteiger partial charge in [0.25, 0.3) is 5.91 Å². The summed E-state index contributed by atoms with van der Waals surface area (Å²) >= 11 is 0. The lowest BCUT2D eigenvalue weighted by molar-refractivity contribution is -0.141. The molecule has 8 heteroatoms. The number of nitrogens with zero attached hydrogens (tertiary/aromatic N) is 2. The Balaban J connectivity index is 1.60. The number of rotatable bonds is 5. The largest absolute Gasteiger partial charge is 0.433 e.